The van der Waals surface area contributed by atoms with Crippen LogP contribution in [0, 0.1) is 0 Å². The number of ether oxygens (including phenoxy) is 2. The summed E-state index contributed by atoms with van der Waals surface area (Å²) in [7, 11) is 2.93. The van der Waals surface area contributed by atoms with Crippen LogP contribution in [0.1, 0.15) is 12.5 Å². The quantitative estimate of drug-likeness (QED) is 0.481. The number of rotatable bonds is 4. The molecule has 1 heterocycles. The molecule has 0 bridgehead atoms. The second kappa shape index (κ2) is 6.26. The van der Waals surface area contributed by atoms with Gasteiger partial charge >= 0.3 is 5.97 Å². The first-order valence-electron chi connectivity index (χ1n) is 6.60. The molecule has 1 aliphatic rings. The summed E-state index contributed by atoms with van der Waals surface area (Å²) in [6, 6.07) is 9.41. The molecule has 0 N–H and O–H groups in total. The first-order chi connectivity index (χ1) is 10.1. The lowest BCUT2D eigenvalue weighted by molar-refractivity contribution is -0.137. The predicted molar refractivity (Wildman–Crippen MR) is 77.9 cm³/mol. The van der Waals surface area contributed by atoms with E-state index in [0.29, 0.717) is 12.3 Å². The first-order valence-corrected chi connectivity index (χ1v) is 6.60. The number of allylic oxidation sites excluding steroid dienone is 1. The number of nitrogens with zero attached hydrogens (tertiary/aromatic N) is 1. The van der Waals surface area contributed by atoms with Gasteiger partial charge < -0.3 is 14.4 Å². The summed E-state index contributed by atoms with van der Waals surface area (Å²) in [5, 5.41) is 0. The van der Waals surface area contributed by atoms with Crippen LogP contribution in [0.15, 0.2) is 47.5 Å². The lowest BCUT2D eigenvalue weighted by Crippen LogP contribution is -2.16. The highest BCUT2D eigenvalue weighted by molar-refractivity contribution is 6.27. The highest BCUT2D eigenvalue weighted by Crippen LogP contribution is 2.30. The summed E-state index contributed by atoms with van der Waals surface area (Å²) in [5.41, 5.74) is 1.18. The van der Waals surface area contributed by atoms with Gasteiger partial charge in [-0.25, -0.2) is 4.79 Å². The van der Waals surface area contributed by atoms with Crippen molar-refractivity contribution in [2.75, 3.05) is 20.8 Å². The zero-order chi connectivity index (χ0) is 15.4. The Hall–Kier alpha value is -2.56. The van der Waals surface area contributed by atoms with Crippen LogP contribution >= 0.6 is 0 Å². The SMILES string of the molecule is CCOC1=C(C(=O)OC)C(=O)/C(=C/c2ccccc2)N1C. The maximum atomic E-state index is 12.5. The van der Waals surface area contributed by atoms with Gasteiger partial charge in [0.15, 0.2) is 5.57 Å². The average Bonchev–Trinajstić information content (AvgIpc) is 2.73. The van der Waals surface area contributed by atoms with E-state index >= 15 is 0 Å². The minimum Gasteiger partial charge on any atom is -0.478 e. The van der Waals surface area contributed by atoms with E-state index in [1.165, 1.54) is 7.11 Å². The van der Waals surface area contributed by atoms with E-state index in [2.05, 4.69) is 4.74 Å². The standard InChI is InChI=1S/C16H17NO4/c1-4-21-15-13(16(19)20-3)14(18)12(17(15)2)10-11-8-6-5-7-9-11/h5-10H,4H2,1-3H3/b12-10-. The Morgan fingerprint density at radius 1 is 1.29 bits per heavy atom. The van der Waals surface area contributed by atoms with Gasteiger partial charge in [-0.05, 0) is 18.6 Å². The smallest absolute Gasteiger partial charge is 0.347 e. The van der Waals surface area contributed by atoms with E-state index in [9.17, 15) is 9.59 Å². The molecular weight excluding hydrogens is 270 g/mol. The molecule has 0 fully saturated rings. The van der Waals surface area contributed by atoms with Crippen LogP contribution in [0.5, 0.6) is 0 Å². The molecule has 0 saturated heterocycles. The number of carbonyl (C=O) groups is 2. The van der Waals surface area contributed by atoms with E-state index < -0.39 is 11.8 Å². The number of esters is 1. The second-order valence-corrected chi connectivity index (χ2v) is 4.43. The second-order valence-electron chi connectivity index (χ2n) is 4.43. The lowest BCUT2D eigenvalue weighted by atomic mass is 10.1. The Kier molecular flexibility index (Phi) is 4.42. The summed E-state index contributed by atoms with van der Waals surface area (Å²) in [6.45, 7) is 2.14. The normalized spacial score (nSPS) is 16.6. The van der Waals surface area contributed by atoms with Crippen molar-refractivity contribution in [1.29, 1.82) is 0 Å². The van der Waals surface area contributed by atoms with Gasteiger partial charge in [-0.3, -0.25) is 4.79 Å². The Bertz CT molecular complexity index is 616. The molecule has 2 rings (SSSR count). The van der Waals surface area contributed by atoms with Gasteiger partial charge in [-0.1, -0.05) is 30.3 Å². The molecule has 1 aliphatic heterocycles. The number of hydrogen-bond donors (Lipinski definition) is 0. The molecule has 1 aromatic rings. The average molecular weight is 287 g/mol. The third-order valence-electron chi connectivity index (χ3n) is 3.11. The topological polar surface area (TPSA) is 55.8 Å². The number of benzene rings is 1. The first kappa shape index (κ1) is 14.8. The van der Waals surface area contributed by atoms with Gasteiger partial charge in [0.2, 0.25) is 11.7 Å². The minimum absolute atomic E-state index is 0.0657. The third kappa shape index (κ3) is 2.81. The number of Topliss-reactive ketones (excluding diaryl/α,β-unsaturated/α-hetero) is 1. The fraction of sp³-hybridized carbons (Fsp3) is 0.250. The van der Waals surface area contributed by atoms with Crippen molar-refractivity contribution in [2.24, 2.45) is 0 Å². The molecule has 5 heteroatoms. The van der Waals surface area contributed by atoms with Crippen LogP contribution in [0.2, 0.25) is 0 Å². The molecule has 5 nitrogen and oxygen atoms in total. The number of ketones is 1. The van der Waals surface area contributed by atoms with Crippen LogP contribution in [-0.4, -0.2) is 37.4 Å². The van der Waals surface area contributed by atoms with Crippen molar-refractivity contribution in [3.8, 4) is 0 Å². The van der Waals surface area contributed by atoms with Crippen molar-refractivity contribution in [2.45, 2.75) is 6.92 Å². The fourth-order valence-electron chi connectivity index (χ4n) is 2.11. The van der Waals surface area contributed by atoms with E-state index in [0.717, 1.165) is 5.56 Å². The van der Waals surface area contributed by atoms with Gasteiger partial charge in [0.1, 0.15) is 0 Å². The number of hydrogen-bond acceptors (Lipinski definition) is 5. The lowest BCUT2D eigenvalue weighted by Gasteiger charge is -2.17. The predicted octanol–water partition coefficient (Wildman–Crippen LogP) is 1.96. The molecule has 0 radical (unpaired) electrons. The molecule has 21 heavy (non-hydrogen) atoms. The molecule has 0 aromatic heterocycles. The molecule has 0 unspecified atom stereocenters. The van der Waals surface area contributed by atoms with Crippen LogP contribution in [0.4, 0.5) is 0 Å². The third-order valence-corrected chi connectivity index (χ3v) is 3.11. The monoisotopic (exact) mass is 287 g/mol. The van der Waals surface area contributed by atoms with Gasteiger partial charge in [-0.2, -0.15) is 0 Å². The summed E-state index contributed by atoms with van der Waals surface area (Å²) in [4.78, 5) is 25.9. The van der Waals surface area contributed by atoms with E-state index in [4.69, 9.17) is 4.74 Å². The van der Waals surface area contributed by atoms with E-state index in [-0.39, 0.29) is 11.5 Å². The summed E-state index contributed by atoms with van der Waals surface area (Å²) < 4.78 is 10.1. The van der Waals surface area contributed by atoms with Crippen molar-refractivity contribution in [3.63, 3.8) is 0 Å². The summed E-state index contributed by atoms with van der Waals surface area (Å²) in [6.07, 6.45) is 1.72. The Balaban J connectivity index is 2.44. The largest absolute Gasteiger partial charge is 0.478 e. The van der Waals surface area contributed by atoms with Gasteiger partial charge in [0, 0.05) is 7.05 Å². The summed E-state index contributed by atoms with van der Waals surface area (Å²) >= 11 is 0. The van der Waals surface area contributed by atoms with Gasteiger partial charge in [0.25, 0.3) is 0 Å². The molecule has 0 amide bonds. The van der Waals surface area contributed by atoms with E-state index in [1.807, 2.05) is 30.3 Å². The van der Waals surface area contributed by atoms with Crippen LogP contribution < -0.4 is 0 Å². The minimum atomic E-state index is -0.688. The van der Waals surface area contributed by atoms with Gasteiger partial charge in [-0.15, -0.1) is 0 Å². The summed E-state index contributed by atoms with van der Waals surface area (Å²) in [5.74, 6) is -0.847. The van der Waals surface area contributed by atoms with E-state index in [1.54, 1.807) is 24.9 Å². The van der Waals surface area contributed by atoms with Crippen molar-refractivity contribution in [3.05, 3.63) is 53.0 Å². The van der Waals surface area contributed by atoms with Gasteiger partial charge in [0.05, 0.1) is 19.4 Å². The van der Waals surface area contributed by atoms with Crippen molar-refractivity contribution < 1.29 is 19.1 Å². The number of methoxy groups -OCH3 is 1. The fourth-order valence-corrected chi connectivity index (χ4v) is 2.11. The maximum Gasteiger partial charge on any atom is 0.347 e. The molecule has 1 aromatic carbocycles. The van der Waals surface area contributed by atoms with Crippen LogP contribution in [0.3, 0.4) is 0 Å². The molecule has 0 aliphatic carbocycles. The molecule has 110 valence electrons. The van der Waals surface area contributed by atoms with Crippen molar-refractivity contribution in [1.82, 2.24) is 4.90 Å². The Morgan fingerprint density at radius 3 is 2.52 bits per heavy atom. The Labute approximate surface area is 123 Å². The van der Waals surface area contributed by atoms with Crippen LogP contribution in [0.25, 0.3) is 6.08 Å². The zero-order valence-electron chi connectivity index (χ0n) is 12.3. The maximum absolute atomic E-state index is 12.5. The molecule has 0 atom stereocenters. The molecular formula is C16H17NO4. The molecule has 0 saturated carbocycles. The zero-order valence-corrected chi connectivity index (χ0v) is 12.3. The Morgan fingerprint density at radius 2 is 1.95 bits per heavy atom. The van der Waals surface area contributed by atoms with Crippen molar-refractivity contribution >= 4 is 17.8 Å². The molecule has 0 spiro atoms. The highest BCUT2D eigenvalue weighted by atomic mass is 16.5. The number of likely N-dealkylation sites (N-methyl/N-ethyl adjacent to an activating group) is 1. The number of carbonyl (C=O) groups excluding carboxylic acids is 2. The highest BCUT2D eigenvalue weighted by Gasteiger charge is 2.39. The van der Waals surface area contributed by atoms with Crippen LogP contribution in [-0.2, 0) is 19.1 Å².